The Bertz CT molecular complexity index is 568. The average Bonchev–Trinajstić information content (AvgIpc) is 2.66. The molecule has 2 atom stereocenters. The number of carbonyl (C=O) groups excluding carboxylic acids is 2. The Morgan fingerprint density at radius 1 is 1.11 bits per heavy atom. The first-order valence-electron chi connectivity index (χ1n) is 6.38. The molecule has 4 heteroatoms. The fraction of sp³-hybridized carbons (Fsp3) is 0.333. The molecule has 1 aliphatic heterocycles. The maximum atomic E-state index is 12.4. The fourth-order valence-electron chi connectivity index (χ4n) is 2.78. The van der Waals surface area contributed by atoms with Gasteiger partial charge in [-0.2, -0.15) is 0 Å². The monoisotopic (exact) mass is 367 g/mol. The summed E-state index contributed by atoms with van der Waals surface area (Å²) in [4.78, 5) is 26.2. The Labute approximate surface area is 125 Å². The van der Waals surface area contributed by atoms with Crippen LogP contribution in [0.5, 0.6) is 0 Å². The zero-order chi connectivity index (χ0) is 13.6. The van der Waals surface area contributed by atoms with Crippen LogP contribution in [0.3, 0.4) is 0 Å². The second-order valence-corrected chi connectivity index (χ2v) is 6.26. The van der Waals surface area contributed by atoms with Crippen molar-refractivity contribution in [1.82, 2.24) is 0 Å². The third-order valence-electron chi connectivity index (χ3n) is 3.92. The van der Waals surface area contributed by atoms with E-state index in [4.69, 9.17) is 0 Å². The molecule has 3 nitrogen and oxygen atoms in total. The largest absolute Gasteiger partial charge is 0.274 e. The minimum Gasteiger partial charge on any atom is -0.274 e. The van der Waals surface area contributed by atoms with E-state index in [0.29, 0.717) is 18.5 Å². The molecular weight excluding hydrogens is 353 g/mol. The Hall–Kier alpha value is -1.17. The molecule has 0 N–H and O–H groups in total. The van der Waals surface area contributed by atoms with E-state index in [1.54, 1.807) is 0 Å². The highest BCUT2D eigenvalue weighted by molar-refractivity contribution is 14.1. The lowest BCUT2D eigenvalue weighted by atomic mass is 9.85. The molecule has 2 aliphatic rings. The number of fused-ring (bicyclic) bond motifs is 1. The van der Waals surface area contributed by atoms with Gasteiger partial charge >= 0.3 is 0 Å². The zero-order valence-corrected chi connectivity index (χ0v) is 12.8. The summed E-state index contributed by atoms with van der Waals surface area (Å²) in [6, 6.07) is 5.73. The SMILES string of the molecule is Cc1ccc(N2C(=O)[C@H]3CC=CC[C@H]3C2=O)cc1I. The Balaban J connectivity index is 1.99. The van der Waals surface area contributed by atoms with E-state index in [1.807, 2.05) is 37.3 Å². The predicted octanol–water partition coefficient (Wildman–Crippen LogP) is 3.06. The second kappa shape index (κ2) is 4.74. The number of hydrogen-bond donors (Lipinski definition) is 0. The van der Waals surface area contributed by atoms with E-state index in [-0.39, 0.29) is 23.7 Å². The number of benzene rings is 1. The van der Waals surface area contributed by atoms with Crippen molar-refractivity contribution in [3.05, 3.63) is 39.5 Å². The van der Waals surface area contributed by atoms with Gasteiger partial charge in [0.1, 0.15) is 0 Å². The van der Waals surface area contributed by atoms with E-state index in [2.05, 4.69) is 22.6 Å². The topological polar surface area (TPSA) is 37.4 Å². The molecule has 1 aliphatic carbocycles. The first-order chi connectivity index (χ1) is 9.09. The van der Waals surface area contributed by atoms with Crippen molar-refractivity contribution >= 4 is 40.1 Å². The number of nitrogens with zero attached hydrogens (tertiary/aromatic N) is 1. The van der Waals surface area contributed by atoms with Crippen LogP contribution < -0.4 is 4.90 Å². The van der Waals surface area contributed by atoms with Gasteiger partial charge in [-0.15, -0.1) is 0 Å². The summed E-state index contributed by atoms with van der Waals surface area (Å²) in [5.74, 6) is -0.397. The molecule has 1 heterocycles. The van der Waals surface area contributed by atoms with Crippen molar-refractivity contribution < 1.29 is 9.59 Å². The maximum Gasteiger partial charge on any atom is 0.238 e. The maximum absolute atomic E-state index is 12.4. The summed E-state index contributed by atoms with van der Waals surface area (Å²) in [7, 11) is 0. The van der Waals surface area contributed by atoms with Gasteiger partial charge in [-0.3, -0.25) is 9.59 Å². The first kappa shape index (κ1) is 12.8. The molecule has 0 bridgehead atoms. The molecule has 0 aromatic heterocycles. The quantitative estimate of drug-likeness (QED) is 0.435. The summed E-state index contributed by atoms with van der Waals surface area (Å²) in [5.41, 5.74) is 1.86. The van der Waals surface area contributed by atoms with E-state index in [9.17, 15) is 9.59 Å². The Morgan fingerprint density at radius 3 is 2.21 bits per heavy atom. The number of halogens is 1. The van der Waals surface area contributed by atoms with Gasteiger partial charge in [0.25, 0.3) is 0 Å². The van der Waals surface area contributed by atoms with Crippen LogP contribution in [0.2, 0.25) is 0 Å². The van der Waals surface area contributed by atoms with Gasteiger partial charge in [-0.25, -0.2) is 4.90 Å². The average molecular weight is 367 g/mol. The highest BCUT2D eigenvalue weighted by atomic mass is 127. The lowest BCUT2D eigenvalue weighted by molar-refractivity contribution is -0.122. The number of hydrogen-bond acceptors (Lipinski definition) is 2. The molecule has 1 aromatic carbocycles. The van der Waals surface area contributed by atoms with Crippen molar-refractivity contribution in [3.63, 3.8) is 0 Å². The van der Waals surface area contributed by atoms with Crippen LogP contribution in [-0.4, -0.2) is 11.8 Å². The van der Waals surface area contributed by atoms with E-state index in [0.717, 1.165) is 9.13 Å². The lowest BCUT2D eigenvalue weighted by Gasteiger charge is -2.15. The van der Waals surface area contributed by atoms with Crippen molar-refractivity contribution in [2.24, 2.45) is 11.8 Å². The van der Waals surface area contributed by atoms with Gasteiger partial charge < -0.3 is 0 Å². The van der Waals surface area contributed by atoms with Crippen molar-refractivity contribution in [2.75, 3.05) is 4.90 Å². The molecule has 19 heavy (non-hydrogen) atoms. The summed E-state index contributed by atoms with van der Waals surface area (Å²) >= 11 is 2.23. The highest BCUT2D eigenvalue weighted by Gasteiger charge is 2.47. The molecule has 0 saturated carbocycles. The van der Waals surface area contributed by atoms with Crippen LogP contribution in [0.4, 0.5) is 5.69 Å². The number of imide groups is 1. The second-order valence-electron chi connectivity index (χ2n) is 5.10. The van der Waals surface area contributed by atoms with Gasteiger partial charge in [0.2, 0.25) is 11.8 Å². The van der Waals surface area contributed by atoms with Gasteiger partial charge in [0.15, 0.2) is 0 Å². The molecule has 0 unspecified atom stereocenters. The molecule has 0 radical (unpaired) electrons. The van der Waals surface area contributed by atoms with E-state index >= 15 is 0 Å². The van der Waals surface area contributed by atoms with Gasteiger partial charge in [0, 0.05) is 3.57 Å². The summed E-state index contributed by atoms with van der Waals surface area (Å²) < 4.78 is 1.07. The van der Waals surface area contributed by atoms with Crippen LogP contribution in [-0.2, 0) is 9.59 Å². The molecule has 98 valence electrons. The third-order valence-corrected chi connectivity index (χ3v) is 5.08. The van der Waals surface area contributed by atoms with Gasteiger partial charge in [-0.05, 0) is 60.1 Å². The molecule has 1 aromatic rings. The van der Waals surface area contributed by atoms with Crippen LogP contribution in [0.25, 0.3) is 0 Å². The first-order valence-corrected chi connectivity index (χ1v) is 7.46. The molecule has 3 rings (SSSR count). The number of anilines is 1. The molecular formula is C15H14INO2. The van der Waals surface area contributed by atoms with Crippen LogP contribution in [0, 0.1) is 22.3 Å². The predicted molar refractivity (Wildman–Crippen MR) is 81.7 cm³/mol. The molecule has 1 saturated heterocycles. The molecule has 0 spiro atoms. The molecule has 2 amide bonds. The summed E-state index contributed by atoms with van der Waals surface area (Å²) in [6.07, 6.45) is 5.40. The standard InChI is InChI=1S/C15H14INO2/c1-9-6-7-10(8-13(9)16)17-14(18)11-4-2-3-5-12(11)15(17)19/h2-3,6-8,11-12H,4-5H2,1H3/t11-,12+. The van der Waals surface area contributed by atoms with Gasteiger partial charge in [-0.1, -0.05) is 18.2 Å². The minimum atomic E-state index is -0.156. The van der Waals surface area contributed by atoms with Crippen molar-refractivity contribution in [3.8, 4) is 0 Å². The zero-order valence-electron chi connectivity index (χ0n) is 10.6. The highest BCUT2D eigenvalue weighted by Crippen LogP contribution is 2.38. The van der Waals surface area contributed by atoms with Crippen molar-refractivity contribution in [1.29, 1.82) is 0 Å². The smallest absolute Gasteiger partial charge is 0.238 e. The number of carbonyl (C=O) groups is 2. The number of amides is 2. The van der Waals surface area contributed by atoms with Crippen LogP contribution >= 0.6 is 22.6 Å². The number of allylic oxidation sites excluding steroid dienone is 2. The fourth-order valence-corrected chi connectivity index (χ4v) is 3.27. The lowest BCUT2D eigenvalue weighted by Crippen LogP contribution is -2.30. The summed E-state index contributed by atoms with van der Waals surface area (Å²) in [5, 5.41) is 0. The normalized spacial score (nSPS) is 25.9. The van der Waals surface area contributed by atoms with Crippen LogP contribution in [0.15, 0.2) is 30.4 Å². The third kappa shape index (κ3) is 2.02. The number of rotatable bonds is 1. The summed E-state index contributed by atoms with van der Waals surface area (Å²) in [6.45, 7) is 2.02. The van der Waals surface area contributed by atoms with Gasteiger partial charge in [0.05, 0.1) is 17.5 Å². The van der Waals surface area contributed by atoms with E-state index < -0.39 is 0 Å². The van der Waals surface area contributed by atoms with Crippen LogP contribution in [0.1, 0.15) is 18.4 Å². The van der Waals surface area contributed by atoms with Crippen molar-refractivity contribution in [2.45, 2.75) is 19.8 Å². The Morgan fingerprint density at radius 2 is 1.68 bits per heavy atom. The van der Waals surface area contributed by atoms with E-state index in [1.165, 1.54) is 4.90 Å². The minimum absolute atomic E-state index is 0.0426. The number of aryl methyl sites for hydroxylation is 1. The Kier molecular flexibility index (Phi) is 3.20. The molecule has 1 fully saturated rings.